The molecule has 0 bridgehead atoms. The topological polar surface area (TPSA) is 29.5 Å². The van der Waals surface area contributed by atoms with Gasteiger partial charge in [-0.25, -0.2) is 0 Å². The molecule has 1 heterocycles. The van der Waals surface area contributed by atoms with Crippen molar-refractivity contribution < 1.29 is 9.53 Å². The molecule has 0 saturated carbocycles. The second-order valence-electron chi connectivity index (χ2n) is 4.84. The van der Waals surface area contributed by atoms with Crippen molar-refractivity contribution in [1.82, 2.24) is 4.90 Å². The van der Waals surface area contributed by atoms with Crippen LogP contribution in [0.1, 0.15) is 31.2 Å². The zero-order valence-corrected chi connectivity index (χ0v) is 11.0. The van der Waals surface area contributed by atoms with Gasteiger partial charge in [-0.15, -0.1) is 0 Å². The van der Waals surface area contributed by atoms with Crippen LogP contribution in [0.2, 0.25) is 0 Å². The highest BCUT2D eigenvalue weighted by Gasteiger charge is 2.17. The van der Waals surface area contributed by atoms with Gasteiger partial charge in [0.05, 0.1) is 13.2 Å². The lowest BCUT2D eigenvalue weighted by Gasteiger charge is -2.27. The fourth-order valence-electron chi connectivity index (χ4n) is 2.26. The Balaban J connectivity index is 1.78. The smallest absolute Gasteiger partial charge is 0.222 e. The molecule has 1 saturated heterocycles. The number of benzene rings is 1. The fraction of sp³-hybridized carbons (Fsp3) is 0.533. The maximum absolute atomic E-state index is 12.0. The number of hydrogen-bond donors (Lipinski definition) is 0. The van der Waals surface area contributed by atoms with Crippen LogP contribution in [-0.2, 0) is 9.53 Å². The number of rotatable bonds is 4. The van der Waals surface area contributed by atoms with E-state index in [1.165, 1.54) is 5.56 Å². The third kappa shape index (κ3) is 3.57. The largest absolute Gasteiger partial charge is 0.378 e. The maximum Gasteiger partial charge on any atom is 0.222 e. The van der Waals surface area contributed by atoms with Crippen molar-refractivity contribution in [3.05, 3.63) is 35.9 Å². The molecule has 3 heteroatoms. The van der Waals surface area contributed by atoms with E-state index in [0.717, 1.165) is 19.5 Å². The molecule has 1 aliphatic rings. The Kier molecular flexibility index (Phi) is 4.76. The molecular formula is C15H21NO2. The van der Waals surface area contributed by atoms with Gasteiger partial charge in [0.15, 0.2) is 0 Å². The molecule has 3 nitrogen and oxygen atoms in total. The summed E-state index contributed by atoms with van der Waals surface area (Å²) < 4.78 is 5.25. The van der Waals surface area contributed by atoms with Crippen LogP contribution in [0.4, 0.5) is 0 Å². The van der Waals surface area contributed by atoms with E-state index in [9.17, 15) is 4.79 Å². The molecule has 0 aliphatic carbocycles. The van der Waals surface area contributed by atoms with Crippen LogP contribution < -0.4 is 0 Å². The minimum atomic E-state index is 0.265. The zero-order chi connectivity index (χ0) is 12.8. The lowest BCUT2D eigenvalue weighted by atomic mass is 9.96. The normalized spacial score (nSPS) is 17.5. The van der Waals surface area contributed by atoms with E-state index in [2.05, 4.69) is 31.2 Å². The van der Waals surface area contributed by atoms with Gasteiger partial charge in [0.25, 0.3) is 0 Å². The fourth-order valence-corrected chi connectivity index (χ4v) is 2.26. The number of morpholine rings is 1. The number of amides is 1. The summed E-state index contributed by atoms with van der Waals surface area (Å²) in [5.74, 6) is 0.706. The Morgan fingerprint density at radius 2 is 1.94 bits per heavy atom. The molecule has 0 unspecified atom stereocenters. The third-order valence-electron chi connectivity index (χ3n) is 3.52. The molecule has 0 N–H and O–H groups in total. The summed E-state index contributed by atoms with van der Waals surface area (Å²) in [5.41, 5.74) is 1.31. The summed E-state index contributed by atoms with van der Waals surface area (Å²) in [7, 11) is 0. The van der Waals surface area contributed by atoms with Crippen molar-refractivity contribution in [3.8, 4) is 0 Å². The predicted octanol–water partition coefficient (Wildman–Crippen LogP) is 2.43. The van der Waals surface area contributed by atoms with Crippen LogP contribution in [-0.4, -0.2) is 37.1 Å². The van der Waals surface area contributed by atoms with Gasteiger partial charge in [-0.3, -0.25) is 4.79 Å². The first-order valence-corrected chi connectivity index (χ1v) is 6.68. The Morgan fingerprint density at radius 3 is 2.61 bits per heavy atom. The second kappa shape index (κ2) is 6.55. The van der Waals surface area contributed by atoms with Gasteiger partial charge in [-0.2, -0.15) is 0 Å². The molecule has 0 spiro atoms. The number of carbonyl (C=O) groups excluding carboxylic acids is 1. The molecule has 1 aromatic rings. The number of ether oxygens (including phenoxy) is 1. The number of carbonyl (C=O) groups is 1. The number of hydrogen-bond acceptors (Lipinski definition) is 2. The molecule has 1 aromatic carbocycles. The van der Waals surface area contributed by atoms with Crippen molar-refractivity contribution in [1.29, 1.82) is 0 Å². The molecule has 98 valence electrons. The summed E-state index contributed by atoms with van der Waals surface area (Å²) in [6.45, 7) is 5.04. The van der Waals surface area contributed by atoms with Gasteiger partial charge in [-0.05, 0) is 17.9 Å². The minimum absolute atomic E-state index is 0.265. The van der Waals surface area contributed by atoms with E-state index in [1.807, 2.05) is 11.0 Å². The molecule has 1 aliphatic heterocycles. The van der Waals surface area contributed by atoms with Crippen LogP contribution in [0.3, 0.4) is 0 Å². The van der Waals surface area contributed by atoms with Crippen LogP contribution in [0.15, 0.2) is 30.3 Å². The summed E-state index contributed by atoms with van der Waals surface area (Å²) in [4.78, 5) is 13.9. The van der Waals surface area contributed by atoms with E-state index in [-0.39, 0.29) is 5.91 Å². The Bertz CT molecular complexity index is 371. The SMILES string of the molecule is C[C@H](CCC(=O)N1CCOCC1)c1ccccc1. The van der Waals surface area contributed by atoms with Gasteiger partial charge in [0.1, 0.15) is 0 Å². The maximum atomic E-state index is 12.0. The summed E-state index contributed by atoms with van der Waals surface area (Å²) in [5, 5.41) is 0. The van der Waals surface area contributed by atoms with Crippen LogP contribution in [0.25, 0.3) is 0 Å². The molecule has 1 fully saturated rings. The first-order valence-electron chi connectivity index (χ1n) is 6.68. The minimum Gasteiger partial charge on any atom is -0.378 e. The average molecular weight is 247 g/mol. The number of nitrogens with zero attached hydrogens (tertiary/aromatic N) is 1. The highest BCUT2D eigenvalue weighted by atomic mass is 16.5. The Hall–Kier alpha value is -1.35. The van der Waals surface area contributed by atoms with Crippen molar-refractivity contribution in [2.24, 2.45) is 0 Å². The van der Waals surface area contributed by atoms with Crippen molar-refractivity contribution in [3.63, 3.8) is 0 Å². The molecule has 2 rings (SSSR count). The summed E-state index contributed by atoms with van der Waals surface area (Å²) in [6.07, 6.45) is 1.55. The monoisotopic (exact) mass is 247 g/mol. The summed E-state index contributed by atoms with van der Waals surface area (Å²) >= 11 is 0. The predicted molar refractivity (Wildman–Crippen MR) is 71.5 cm³/mol. The first-order chi connectivity index (χ1) is 8.77. The Morgan fingerprint density at radius 1 is 1.28 bits per heavy atom. The highest BCUT2D eigenvalue weighted by Crippen LogP contribution is 2.20. The van der Waals surface area contributed by atoms with Gasteiger partial charge in [-0.1, -0.05) is 37.3 Å². The van der Waals surface area contributed by atoms with Crippen LogP contribution >= 0.6 is 0 Å². The molecule has 1 amide bonds. The second-order valence-corrected chi connectivity index (χ2v) is 4.84. The van der Waals surface area contributed by atoms with E-state index in [0.29, 0.717) is 25.6 Å². The third-order valence-corrected chi connectivity index (χ3v) is 3.52. The van der Waals surface area contributed by atoms with Crippen LogP contribution in [0.5, 0.6) is 0 Å². The van der Waals surface area contributed by atoms with Gasteiger partial charge >= 0.3 is 0 Å². The zero-order valence-electron chi connectivity index (χ0n) is 11.0. The molecular weight excluding hydrogens is 226 g/mol. The quantitative estimate of drug-likeness (QED) is 0.818. The van der Waals surface area contributed by atoms with Crippen molar-refractivity contribution >= 4 is 5.91 Å². The van der Waals surface area contributed by atoms with E-state index in [4.69, 9.17) is 4.74 Å². The average Bonchev–Trinajstić information content (AvgIpc) is 2.46. The highest BCUT2D eigenvalue weighted by molar-refractivity contribution is 5.76. The van der Waals surface area contributed by atoms with Crippen molar-refractivity contribution in [2.75, 3.05) is 26.3 Å². The molecule has 0 radical (unpaired) electrons. The standard InChI is InChI=1S/C15H21NO2/c1-13(14-5-3-2-4-6-14)7-8-15(17)16-9-11-18-12-10-16/h2-6,13H,7-12H2,1H3/t13-/m1/s1. The van der Waals surface area contributed by atoms with Crippen molar-refractivity contribution in [2.45, 2.75) is 25.7 Å². The van der Waals surface area contributed by atoms with Crippen LogP contribution in [0, 0.1) is 0 Å². The summed E-state index contributed by atoms with van der Waals surface area (Å²) in [6, 6.07) is 10.4. The molecule has 0 aromatic heterocycles. The lowest BCUT2D eigenvalue weighted by molar-refractivity contribution is -0.135. The van der Waals surface area contributed by atoms with Gasteiger partial charge in [0.2, 0.25) is 5.91 Å². The first kappa shape index (κ1) is 13.1. The van der Waals surface area contributed by atoms with E-state index < -0.39 is 0 Å². The molecule has 18 heavy (non-hydrogen) atoms. The van der Waals surface area contributed by atoms with Gasteiger partial charge in [0, 0.05) is 19.5 Å². The Labute approximate surface area is 109 Å². The van der Waals surface area contributed by atoms with Gasteiger partial charge < -0.3 is 9.64 Å². The molecule has 1 atom stereocenters. The van der Waals surface area contributed by atoms with E-state index in [1.54, 1.807) is 0 Å². The van der Waals surface area contributed by atoms with E-state index >= 15 is 0 Å². The lowest BCUT2D eigenvalue weighted by Crippen LogP contribution is -2.40.